The fourth-order valence-corrected chi connectivity index (χ4v) is 4.87. The highest BCUT2D eigenvalue weighted by Gasteiger charge is 2.38. The van der Waals surface area contributed by atoms with Crippen molar-refractivity contribution in [3.63, 3.8) is 0 Å². The van der Waals surface area contributed by atoms with Crippen LogP contribution < -0.4 is 5.56 Å². The molecule has 11 heteroatoms. The quantitative estimate of drug-likeness (QED) is 0.507. The SMILES string of the molecule is Cc1cccc2c(=O)[nH]c(CSC3CCN(Cc4ccc(C#N)cc4)CC3)nc12.O=C(O)C(F)(F)F. The molecule has 1 aliphatic rings. The summed E-state index contributed by atoms with van der Waals surface area (Å²) in [5, 5.41) is 17.3. The van der Waals surface area contributed by atoms with Gasteiger partial charge in [-0.15, -0.1) is 0 Å². The van der Waals surface area contributed by atoms with Crippen LogP contribution in [0.2, 0.25) is 0 Å². The summed E-state index contributed by atoms with van der Waals surface area (Å²) in [5.74, 6) is -1.26. The van der Waals surface area contributed by atoms with Crippen molar-refractivity contribution in [2.24, 2.45) is 0 Å². The number of benzene rings is 2. The summed E-state index contributed by atoms with van der Waals surface area (Å²) in [6, 6.07) is 15.7. The maximum Gasteiger partial charge on any atom is 0.490 e. The number of hydrogen-bond donors (Lipinski definition) is 2. The Morgan fingerprint density at radius 2 is 1.86 bits per heavy atom. The van der Waals surface area contributed by atoms with Gasteiger partial charge in [-0.3, -0.25) is 9.69 Å². The van der Waals surface area contributed by atoms with Crippen LogP contribution >= 0.6 is 11.8 Å². The van der Waals surface area contributed by atoms with Gasteiger partial charge in [0.25, 0.3) is 5.56 Å². The number of aryl methyl sites for hydroxylation is 1. The first-order valence-electron chi connectivity index (χ1n) is 11.2. The van der Waals surface area contributed by atoms with E-state index in [2.05, 4.69) is 16.0 Å². The molecule has 0 spiro atoms. The minimum absolute atomic E-state index is 0.0495. The Hall–Kier alpha value is -3.36. The number of carbonyl (C=O) groups is 1. The van der Waals surface area contributed by atoms with Gasteiger partial charge in [-0.2, -0.15) is 30.2 Å². The molecule has 2 aromatic carbocycles. The Labute approximate surface area is 210 Å². The first kappa shape index (κ1) is 27.2. The Morgan fingerprint density at radius 1 is 1.22 bits per heavy atom. The number of H-pyrrole nitrogens is 1. The molecule has 0 amide bonds. The minimum Gasteiger partial charge on any atom is -0.475 e. The maximum atomic E-state index is 12.3. The highest BCUT2D eigenvalue weighted by atomic mass is 32.2. The van der Waals surface area contributed by atoms with Crippen molar-refractivity contribution < 1.29 is 23.1 Å². The number of fused-ring (bicyclic) bond motifs is 1. The smallest absolute Gasteiger partial charge is 0.475 e. The lowest BCUT2D eigenvalue weighted by Gasteiger charge is -2.31. The Bertz CT molecular complexity index is 1300. The van der Waals surface area contributed by atoms with E-state index in [4.69, 9.17) is 20.1 Å². The third kappa shape index (κ3) is 7.57. The summed E-state index contributed by atoms with van der Waals surface area (Å²) >= 11 is 1.89. The average Bonchev–Trinajstić information content (AvgIpc) is 2.84. The van der Waals surface area contributed by atoms with Gasteiger partial charge in [0.1, 0.15) is 5.82 Å². The molecule has 0 saturated carbocycles. The summed E-state index contributed by atoms with van der Waals surface area (Å²) in [6.45, 7) is 5.06. The second-order valence-electron chi connectivity index (χ2n) is 8.38. The minimum atomic E-state index is -5.08. The Balaban J connectivity index is 0.000000454. The van der Waals surface area contributed by atoms with Crippen molar-refractivity contribution in [2.75, 3.05) is 13.1 Å². The third-order valence-electron chi connectivity index (χ3n) is 5.71. The molecule has 0 bridgehead atoms. The highest BCUT2D eigenvalue weighted by Crippen LogP contribution is 2.27. The first-order valence-corrected chi connectivity index (χ1v) is 12.2. The second kappa shape index (κ2) is 12.1. The Kier molecular flexibility index (Phi) is 9.12. The topological polar surface area (TPSA) is 110 Å². The van der Waals surface area contributed by atoms with Gasteiger partial charge in [0.2, 0.25) is 0 Å². The van der Waals surface area contributed by atoms with E-state index in [1.807, 2.05) is 61.2 Å². The summed E-state index contributed by atoms with van der Waals surface area (Å²) in [7, 11) is 0. The molecule has 4 rings (SSSR count). The van der Waals surface area contributed by atoms with Gasteiger partial charge in [0.05, 0.1) is 28.3 Å². The molecule has 2 heterocycles. The van der Waals surface area contributed by atoms with Crippen LogP contribution in [0.25, 0.3) is 10.9 Å². The predicted octanol–water partition coefficient (Wildman–Crippen LogP) is 4.63. The molecule has 36 heavy (non-hydrogen) atoms. The average molecular weight is 519 g/mol. The fraction of sp³-hybridized carbons (Fsp3) is 0.360. The van der Waals surface area contributed by atoms with E-state index < -0.39 is 12.1 Å². The van der Waals surface area contributed by atoms with E-state index in [9.17, 15) is 18.0 Å². The maximum absolute atomic E-state index is 12.3. The summed E-state index contributed by atoms with van der Waals surface area (Å²) < 4.78 is 31.7. The van der Waals surface area contributed by atoms with Crippen molar-refractivity contribution in [3.05, 3.63) is 75.3 Å². The number of para-hydroxylation sites is 1. The van der Waals surface area contributed by atoms with Gasteiger partial charge in [0, 0.05) is 11.8 Å². The normalized spacial score (nSPS) is 14.6. The lowest BCUT2D eigenvalue weighted by Crippen LogP contribution is -2.34. The number of aromatic nitrogens is 2. The van der Waals surface area contributed by atoms with Crippen molar-refractivity contribution in [1.82, 2.24) is 14.9 Å². The summed E-state index contributed by atoms with van der Waals surface area (Å²) in [6.07, 6.45) is -2.81. The number of rotatable bonds is 5. The Morgan fingerprint density at radius 3 is 2.44 bits per heavy atom. The number of piperidine rings is 1. The number of alkyl halides is 3. The van der Waals surface area contributed by atoms with Crippen LogP contribution in [0.4, 0.5) is 13.2 Å². The standard InChI is InChI=1S/C23H24N4OS.C2HF3O2/c1-16-3-2-4-20-22(16)25-21(26-23(20)28)15-29-19-9-11-27(12-10-19)14-18-7-5-17(13-24)6-8-18;3-2(4,5)1(6)7/h2-8,19H,9-12,14-15H2,1H3,(H,25,26,28);(H,6,7). The number of halogens is 3. The fourth-order valence-electron chi connectivity index (χ4n) is 3.79. The monoisotopic (exact) mass is 518 g/mol. The lowest BCUT2D eigenvalue weighted by atomic mass is 10.1. The molecule has 190 valence electrons. The van der Waals surface area contributed by atoms with Crippen LogP contribution in [0.3, 0.4) is 0 Å². The molecule has 0 radical (unpaired) electrons. The second-order valence-corrected chi connectivity index (χ2v) is 9.67. The number of aromatic amines is 1. The number of carboxylic acids is 1. The molecule has 3 aromatic rings. The molecule has 7 nitrogen and oxygen atoms in total. The summed E-state index contributed by atoms with van der Waals surface area (Å²) in [4.78, 5) is 31.3. The highest BCUT2D eigenvalue weighted by molar-refractivity contribution is 7.99. The molecule has 0 atom stereocenters. The van der Waals surface area contributed by atoms with Crippen LogP contribution in [-0.2, 0) is 17.1 Å². The number of likely N-dealkylation sites (tertiary alicyclic amines) is 1. The van der Waals surface area contributed by atoms with Gasteiger partial charge in [0.15, 0.2) is 0 Å². The molecule has 0 unspecified atom stereocenters. The zero-order valence-electron chi connectivity index (χ0n) is 19.5. The first-order chi connectivity index (χ1) is 17.1. The lowest BCUT2D eigenvalue weighted by molar-refractivity contribution is -0.192. The van der Waals surface area contributed by atoms with E-state index in [1.165, 1.54) is 5.56 Å². The molecular weight excluding hydrogens is 493 g/mol. The van der Waals surface area contributed by atoms with E-state index in [1.54, 1.807) is 0 Å². The van der Waals surface area contributed by atoms with Crippen LogP contribution in [0.1, 0.15) is 35.4 Å². The zero-order chi connectivity index (χ0) is 26.3. The molecule has 1 saturated heterocycles. The van der Waals surface area contributed by atoms with Crippen LogP contribution in [-0.4, -0.2) is 50.5 Å². The molecule has 1 fully saturated rings. The van der Waals surface area contributed by atoms with E-state index in [0.717, 1.165) is 55.1 Å². The van der Waals surface area contributed by atoms with Crippen LogP contribution in [0.15, 0.2) is 47.3 Å². The van der Waals surface area contributed by atoms with Crippen molar-refractivity contribution in [3.8, 4) is 6.07 Å². The molecule has 0 aliphatic carbocycles. The molecule has 2 N–H and O–H groups in total. The number of carboxylic acid groups (broad SMARTS) is 1. The van der Waals surface area contributed by atoms with E-state index >= 15 is 0 Å². The van der Waals surface area contributed by atoms with E-state index in [0.29, 0.717) is 16.2 Å². The van der Waals surface area contributed by atoms with Gasteiger partial charge in [-0.05, 0) is 62.2 Å². The predicted molar refractivity (Wildman–Crippen MR) is 132 cm³/mol. The zero-order valence-corrected chi connectivity index (χ0v) is 20.3. The van der Waals surface area contributed by atoms with Gasteiger partial charge in [-0.1, -0.05) is 24.3 Å². The number of nitrogens with zero attached hydrogens (tertiary/aromatic N) is 3. The van der Waals surface area contributed by atoms with Gasteiger partial charge < -0.3 is 10.1 Å². The van der Waals surface area contributed by atoms with Gasteiger partial charge >= 0.3 is 12.1 Å². The van der Waals surface area contributed by atoms with Gasteiger partial charge in [-0.25, -0.2) is 9.78 Å². The molecule has 1 aliphatic heterocycles. The van der Waals surface area contributed by atoms with Crippen LogP contribution in [0.5, 0.6) is 0 Å². The number of hydrogen-bond acceptors (Lipinski definition) is 6. The number of nitriles is 1. The van der Waals surface area contributed by atoms with Crippen molar-refractivity contribution in [1.29, 1.82) is 5.26 Å². The van der Waals surface area contributed by atoms with Crippen LogP contribution in [0, 0.1) is 18.3 Å². The van der Waals surface area contributed by atoms with Crippen molar-refractivity contribution >= 4 is 28.6 Å². The number of nitrogens with one attached hydrogen (secondary N) is 1. The van der Waals surface area contributed by atoms with Crippen molar-refractivity contribution in [2.45, 2.75) is 43.5 Å². The summed E-state index contributed by atoms with van der Waals surface area (Å²) in [5.41, 5.74) is 3.76. The van der Waals surface area contributed by atoms with E-state index in [-0.39, 0.29) is 5.56 Å². The number of thioether (sulfide) groups is 1. The molecule has 1 aromatic heterocycles. The third-order valence-corrected chi connectivity index (χ3v) is 7.09. The number of aliphatic carboxylic acids is 1. The molecular formula is C25H25F3N4O3S. The largest absolute Gasteiger partial charge is 0.490 e.